The SMILES string of the molecule is CCCC(CC)OOC(C)(C)C#CC1C2CC3CC(C2)CC1(OC(C)=O)C3. The molecule has 0 saturated heterocycles. The summed E-state index contributed by atoms with van der Waals surface area (Å²) >= 11 is 0. The first-order chi connectivity index (χ1) is 12.8. The quantitative estimate of drug-likeness (QED) is 0.270. The molecule has 4 rings (SSSR count). The van der Waals surface area contributed by atoms with Gasteiger partial charge in [0.15, 0.2) is 5.60 Å². The van der Waals surface area contributed by atoms with Crippen LogP contribution >= 0.6 is 0 Å². The maximum absolute atomic E-state index is 11.8. The number of ether oxygens (including phenoxy) is 1. The Balaban J connectivity index is 1.72. The standard InChI is InChI=1S/C23H36O4/c1-6-8-20(7-2)26-27-22(4,5)10-9-21-19-12-17-11-18(13-19)15-23(21,14-17)25-16(3)24/h17-21H,6-8,11-15H2,1-5H3. The molecule has 4 bridgehead atoms. The summed E-state index contributed by atoms with van der Waals surface area (Å²) in [5, 5.41) is 0. The van der Waals surface area contributed by atoms with Crippen molar-refractivity contribution in [2.75, 3.05) is 0 Å². The third-order valence-electron chi connectivity index (χ3n) is 6.58. The van der Waals surface area contributed by atoms with Crippen molar-refractivity contribution in [2.24, 2.45) is 23.7 Å². The lowest BCUT2D eigenvalue weighted by Gasteiger charge is -2.58. The van der Waals surface area contributed by atoms with Crippen LogP contribution in [0.3, 0.4) is 0 Å². The van der Waals surface area contributed by atoms with E-state index >= 15 is 0 Å². The Hall–Kier alpha value is -1.05. The molecule has 27 heavy (non-hydrogen) atoms. The second kappa shape index (κ2) is 8.13. The minimum atomic E-state index is -0.673. The number of carbonyl (C=O) groups excluding carboxylic acids is 1. The molecule has 4 fully saturated rings. The van der Waals surface area contributed by atoms with Crippen molar-refractivity contribution < 1.29 is 19.3 Å². The summed E-state index contributed by atoms with van der Waals surface area (Å²) in [6, 6.07) is 0. The smallest absolute Gasteiger partial charge is 0.303 e. The molecule has 152 valence electrons. The molecule has 4 saturated carbocycles. The minimum Gasteiger partial charge on any atom is -0.458 e. The lowest BCUT2D eigenvalue weighted by Crippen LogP contribution is -2.58. The Kier molecular flexibility index (Phi) is 6.23. The van der Waals surface area contributed by atoms with E-state index in [4.69, 9.17) is 14.5 Å². The molecule has 4 aliphatic carbocycles. The van der Waals surface area contributed by atoms with Gasteiger partial charge in [-0.2, -0.15) is 0 Å². The summed E-state index contributed by atoms with van der Waals surface area (Å²) < 4.78 is 5.96. The van der Waals surface area contributed by atoms with E-state index in [0.29, 0.717) is 17.8 Å². The lowest BCUT2D eigenvalue weighted by atomic mass is 9.49. The van der Waals surface area contributed by atoms with Crippen LogP contribution in [0.15, 0.2) is 0 Å². The number of rotatable bonds is 7. The Labute approximate surface area is 164 Å². The summed E-state index contributed by atoms with van der Waals surface area (Å²) in [6.07, 6.45) is 8.82. The molecule has 0 radical (unpaired) electrons. The highest BCUT2D eigenvalue weighted by atomic mass is 17.2. The molecule has 0 aromatic carbocycles. The maximum Gasteiger partial charge on any atom is 0.303 e. The molecule has 0 spiro atoms. The molecule has 4 nitrogen and oxygen atoms in total. The molecular weight excluding hydrogens is 340 g/mol. The van der Waals surface area contributed by atoms with Crippen molar-refractivity contribution in [3.63, 3.8) is 0 Å². The Morgan fingerprint density at radius 1 is 1.19 bits per heavy atom. The number of esters is 1. The number of hydrogen-bond acceptors (Lipinski definition) is 4. The van der Waals surface area contributed by atoms with E-state index in [0.717, 1.165) is 32.1 Å². The van der Waals surface area contributed by atoms with Crippen molar-refractivity contribution in [1.29, 1.82) is 0 Å². The molecule has 0 aromatic rings. The van der Waals surface area contributed by atoms with Gasteiger partial charge >= 0.3 is 5.97 Å². The van der Waals surface area contributed by atoms with E-state index in [1.54, 1.807) is 0 Å². The van der Waals surface area contributed by atoms with E-state index in [9.17, 15) is 4.79 Å². The van der Waals surface area contributed by atoms with Crippen LogP contribution in [-0.2, 0) is 19.3 Å². The van der Waals surface area contributed by atoms with E-state index in [-0.39, 0.29) is 23.6 Å². The topological polar surface area (TPSA) is 44.8 Å². The average molecular weight is 377 g/mol. The second-order valence-electron chi connectivity index (χ2n) is 9.52. The predicted octanol–water partition coefficient (Wildman–Crippen LogP) is 5.05. The van der Waals surface area contributed by atoms with Crippen LogP contribution in [0.2, 0.25) is 0 Å². The van der Waals surface area contributed by atoms with Crippen LogP contribution < -0.4 is 0 Å². The molecule has 4 unspecified atom stereocenters. The summed E-state index contributed by atoms with van der Waals surface area (Å²) in [4.78, 5) is 23.2. The molecule has 0 N–H and O–H groups in total. The van der Waals surface area contributed by atoms with Gasteiger partial charge < -0.3 is 4.74 Å². The van der Waals surface area contributed by atoms with Crippen LogP contribution in [-0.4, -0.2) is 23.3 Å². The molecule has 0 aliphatic heterocycles. The molecule has 4 atom stereocenters. The third-order valence-corrected chi connectivity index (χ3v) is 6.58. The first-order valence-electron chi connectivity index (χ1n) is 10.8. The molecule has 0 heterocycles. The average Bonchev–Trinajstić information content (AvgIpc) is 2.56. The van der Waals surface area contributed by atoms with Crippen molar-refractivity contribution in [3.8, 4) is 11.8 Å². The second-order valence-corrected chi connectivity index (χ2v) is 9.52. The molecular formula is C23H36O4. The van der Waals surface area contributed by atoms with Gasteiger partial charge in [-0.3, -0.25) is 4.79 Å². The predicted molar refractivity (Wildman–Crippen MR) is 105 cm³/mol. The number of hydrogen-bond donors (Lipinski definition) is 0. The zero-order valence-electron chi connectivity index (χ0n) is 17.7. The highest BCUT2D eigenvalue weighted by Gasteiger charge is 2.58. The van der Waals surface area contributed by atoms with Gasteiger partial charge in [-0.15, -0.1) is 0 Å². The fourth-order valence-electron chi connectivity index (χ4n) is 5.75. The van der Waals surface area contributed by atoms with Crippen LogP contribution in [0, 0.1) is 35.5 Å². The Bertz CT molecular complexity index is 585. The first kappa shape index (κ1) is 20.7. The number of carbonyl (C=O) groups is 1. The van der Waals surface area contributed by atoms with Crippen LogP contribution in [0.25, 0.3) is 0 Å². The van der Waals surface area contributed by atoms with Gasteiger partial charge in [0.05, 0.1) is 12.0 Å². The lowest BCUT2D eigenvalue weighted by molar-refractivity contribution is -0.364. The highest BCUT2D eigenvalue weighted by molar-refractivity contribution is 5.66. The van der Waals surface area contributed by atoms with E-state index < -0.39 is 5.60 Å². The zero-order valence-corrected chi connectivity index (χ0v) is 17.7. The highest BCUT2D eigenvalue weighted by Crippen LogP contribution is 2.59. The van der Waals surface area contributed by atoms with Gasteiger partial charge in [-0.25, -0.2) is 9.78 Å². The van der Waals surface area contributed by atoms with Crippen molar-refractivity contribution >= 4 is 5.97 Å². The van der Waals surface area contributed by atoms with E-state index in [2.05, 4.69) is 25.7 Å². The Morgan fingerprint density at radius 2 is 1.85 bits per heavy atom. The van der Waals surface area contributed by atoms with Crippen LogP contribution in [0.5, 0.6) is 0 Å². The van der Waals surface area contributed by atoms with Crippen LogP contribution in [0.4, 0.5) is 0 Å². The van der Waals surface area contributed by atoms with Gasteiger partial charge in [0.1, 0.15) is 5.60 Å². The van der Waals surface area contributed by atoms with Gasteiger partial charge in [0.2, 0.25) is 0 Å². The summed E-state index contributed by atoms with van der Waals surface area (Å²) in [5.41, 5.74) is -1.05. The third kappa shape index (κ3) is 4.69. The zero-order chi connectivity index (χ0) is 19.7. The summed E-state index contributed by atoms with van der Waals surface area (Å²) in [5.74, 6) is 8.70. The van der Waals surface area contributed by atoms with Crippen molar-refractivity contribution in [2.45, 2.75) is 103 Å². The van der Waals surface area contributed by atoms with E-state index in [1.807, 2.05) is 13.8 Å². The fraction of sp³-hybridized carbons (Fsp3) is 0.870. The van der Waals surface area contributed by atoms with Crippen molar-refractivity contribution in [3.05, 3.63) is 0 Å². The first-order valence-corrected chi connectivity index (χ1v) is 10.8. The van der Waals surface area contributed by atoms with Gasteiger partial charge in [0, 0.05) is 6.92 Å². The van der Waals surface area contributed by atoms with Gasteiger partial charge in [-0.1, -0.05) is 32.1 Å². The van der Waals surface area contributed by atoms with Gasteiger partial charge in [-0.05, 0) is 76.5 Å². The van der Waals surface area contributed by atoms with E-state index in [1.165, 1.54) is 26.2 Å². The molecule has 0 aromatic heterocycles. The maximum atomic E-state index is 11.8. The largest absolute Gasteiger partial charge is 0.458 e. The monoisotopic (exact) mass is 376 g/mol. The van der Waals surface area contributed by atoms with Crippen molar-refractivity contribution in [1.82, 2.24) is 0 Å². The van der Waals surface area contributed by atoms with Crippen LogP contribution in [0.1, 0.15) is 86.0 Å². The molecule has 4 heteroatoms. The summed E-state index contributed by atoms with van der Waals surface area (Å²) in [6.45, 7) is 9.70. The molecule has 4 aliphatic rings. The minimum absolute atomic E-state index is 0.115. The fourth-order valence-corrected chi connectivity index (χ4v) is 5.75. The van der Waals surface area contributed by atoms with Gasteiger partial charge in [0.25, 0.3) is 0 Å². The Morgan fingerprint density at radius 3 is 2.41 bits per heavy atom. The molecule has 0 amide bonds. The summed E-state index contributed by atoms with van der Waals surface area (Å²) in [7, 11) is 0. The normalized spacial score (nSPS) is 35.4.